The quantitative estimate of drug-likeness (QED) is 0.376. The van der Waals surface area contributed by atoms with Crippen LogP contribution in [0.4, 0.5) is 0 Å². The van der Waals surface area contributed by atoms with Gasteiger partial charge in [-0.15, -0.1) is 0 Å². The fourth-order valence-corrected chi connectivity index (χ4v) is 15.7. The van der Waals surface area contributed by atoms with Gasteiger partial charge in [0.2, 0.25) is 0 Å². The van der Waals surface area contributed by atoms with Crippen molar-refractivity contribution < 1.29 is 45.4 Å². The summed E-state index contributed by atoms with van der Waals surface area (Å²) >= 11 is -0.354. The van der Waals surface area contributed by atoms with E-state index in [0.29, 0.717) is 9.85 Å². The number of halogens is 2. The van der Waals surface area contributed by atoms with Gasteiger partial charge in [-0.2, -0.15) is 0 Å². The van der Waals surface area contributed by atoms with Crippen molar-refractivity contribution in [1.82, 2.24) is 0 Å². The first kappa shape index (κ1) is 22.3. The molecule has 2 unspecified atom stereocenters. The number of benzene rings is 3. The molecule has 3 aromatic rings. The second kappa shape index (κ2) is 8.42. The molecule has 0 nitrogen and oxygen atoms in total. The molecule has 0 amide bonds. The third-order valence-corrected chi connectivity index (χ3v) is 16.4. The van der Waals surface area contributed by atoms with E-state index < -0.39 is 13.8 Å². The van der Waals surface area contributed by atoms with Crippen molar-refractivity contribution in [2.24, 2.45) is 0 Å². The number of allylic oxidation sites excluding steroid dienone is 1. The van der Waals surface area contributed by atoms with Gasteiger partial charge in [-0.05, 0) is 0 Å². The van der Waals surface area contributed by atoms with Crippen LogP contribution in [0.2, 0.25) is 9.88 Å². The SMILES string of the molecule is [CH3][Sn]([CH3])([Zr+2])[CH]1c2ccccc2-c2cccc(C3C=Cc4ccccc43)c21.[Cl-].[Cl-]. The van der Waals surface area contributed by atoms with E-state index in [1.807, 2.05) is 0 Å². The number of rotatable bonds is 2. The molecule has 5 rings (SSSR count). The Morgan fingerprint density at radius 1 is 0.714 bits per heavy atom. The Bertz CT molecular complexity index is 1050. The molecule has 0 aliphatic heterocycles. The van der Waals surface area contributed by atoms with E-state index in [1.165, 1.54) is 27.8 Å². The summed E-state index contributed by atoms with van der Waals surface area (Å²) in [6.07, 6.45) is 4.72. The summed E-state index contributed by atoms with van der Waals surface area (Å²) in [6, 6.07) is 25.1. The van der Waals surface area contributed by atoms with Crippen molar-refractivity contribution in [3.8, 4) is 11.1 Å². The van der Waals surface area contributed by atoms with Gasteiger partial charge < -0.3 is 24.8 Å². The molecule has 0 radical (unpaired) electrons. The molecule has 0 bridgehead atoms. The van der Waals surface area contributed by atoms with Crippen LogP contribution >= 0.6 is 0 Å². The minimum atomic E-state index is -2.16. The molecular weight excluding hydrogens is 569 g/mol. The van der Waals surface area contributed by atoms with Crippen LogP contribution in [0.15, 0.2) is 72.8 Å². The van der Waals surface area contributed by atoms with E-state index in [-0.39, 0.29) is 24.8 Å². The standard InChI is InChI=1S/C22H15.2CH3.2ClH.Sn.Zr/c1-3-8-17-15(6-1)12-13-21(17)20-11-5-10-19-18-9-4-2-7-16(18)14-22(19)20;;;;;;/h1-14,21H;2*1H3;2*1H;;/q;;;;;;+2/p-2. The Balaban J connectivity index is 0.00000112. The van der Waals surface area contributed by atoms with Crippen molar-refractivity contribution in [2.75, 3.05) is 0 Å². The average molecular weight is 590 g/mol. The van der Waals surface area contributed by atoms with Crippen LogP contribution in [0.3, 0.4) is 0 Å². The van der Waals surface area contributed by atoms with Gasteiger partial charge in [-0.1, -0.05) is 0 Å². The molecular formula is C24H21Cl2SnZr. The van der Waals surface area contributed by atoms with Gasteiger partial charge in [0.15, 0.2) is 0 Å². The van der Waals surface area contributed by atoms with Crippen LogP contribution in [-0.4, -0.2) is 13.8 Å². The van der Waals surface area contributed by atoms with Crippen molar-refractivity contribution in [3.63, 3.8) is 0 Å². The Morgan fingerprint density at radius 3 is 2.07 bits per heavy atom. The monoisotopic (exact) mass is 589 g/mol. The van der Waals surface area contributed by atoms with Gasteiger partial charge in [0.25, 0.3) is 0 Å². The zero-order chi connectivity index (χ0) is 17.9. The Morgan fingerprint density at radius 2 is 1.32 bits per heavy atom. The van der Waals surface area contributed by atoms with Crippen LogP contribution in [-0.2, 0) is 20.5 Å². The van der Waals surface area contributed by atoms with Crippen molar-refractivity contribution >= 4 is 19.9 Å². The number of hydrogen-bond acceptors (Lipinski definition) is 0. The van der Waals surface area contributed by atoms with Crippen molar-refractivity contribution in [2.45, 2.75) is 19.7 Å². The normalized spacial score (nSPS) is 18.6. The topological polar surface area (TPSA) is 0 Å². The fraction of sp³-hybridized carbons (Fsp3) is 0.167. The molecule has 0 aromatic heterocycles. The summed E-state index contributed by atoms with van der Waals surface area (Å²) in [7, 11) is 0. The zero-order valence-corrected chi connectivity index (χ0v) is 22.7. The summed E-state index contributed by atoms with van der Waals surface area (Å²) in [5, 5.41) is 0. The van der Waals surface area contributed by atoms with Crippen LogP contribution in [0, 0.1) is 0 Å². The molecule has 2 aliphatic carbocycles. The minimum absolute atomic E-state index is 0. The summed E-state index contributed by atoms with van der Waals surface area (Å²) in [5.41, 5.74) is 10.6. The summed E-state index contributed by atoms with van der Waals surface area (Å²) in [5.74, 6) is 0.405. The molecule has 0 N–H and O–H groups in total. The molecule has 28 heavy (non-hydrogen) atoms. The van der Waals surface area contributed by atoms with Gasteiger partial charge in [0.1, 0.15) is 0 Å². The largest absolute Gasteiger partial charge is 1.00 e. The molecule has 2 aliphatic rings. The molecule has 0 heterocycles. The molecule has 0 spiro atoms. The maximum atomic E-state index is 2.62. The van der Waals surface area contributed by atoms with E-state index in [9.17, 15) is 0 Å². The number of hydrogen-bond donors (Lipinski definition) is 0. The maximum Gasteiger partial charge on any atom is -1.00 e. The summed E-state index contributed by atoms with van der Waals surface area (Å²) < 4.78 is 0.686. The first-order valence-corrected chi connectivity index (χ1v) is 26.3. The summed E-state index contributed by atoms with van der Waals surface area (Å²) in [4.78, 5) is 5.25. The Hall–Kier alpha value is -0.338. The summed E-state index contributed by atoms with van der Waals surface area (Å²) in [6.45, 7) is 0. The third-order valence-electron chi connectivity index (χ3n) is 5.85. The third kappa shape index (κ3) is 3.51. The van der Waals surface area contributed by atoms with Gasteiger partial charge in [0.05, 0.1) is 0 Å². The van der Waals surface area contributed by atoms with Gasteiger partial charge in [-0.25, -0.2) is 0 Å². The molecule has 3 aromatic carbocycles. The van der Waals surface area contributed by atoms with Crippen LogP contribution in [0.1, 0.15) is 37.7 Å². The Kier molecular flexibility index (Phi) is 6.72. The molecule has 0 saturated carbocycles. The molecule has 2 atom stereocenters. The number of fused-ring (bicyclic) bond motifs is 4. The van der Waals surface area contributed by atoms with Crippen LogP contribution < -0.4 is 24.8 Å². The fourth-order valence-electron chi connectivity index (χ4n) is 4.83. The molecule has 139 valence electrons. The van der Waals surface area contributed by atoms with Crippen molar-refractivity contribution in [1.29, 1.82) is 0 Å². The van der Waals surface area contributed by atoms with E-state index in [4.69, 9.17) is 0 Å². The predicted molar refractivity (Wildman–Crippen MR) is 109 cm³/mol. The van der Waals surface area contributed by atoms with Gasteiger partial charge in [-0.3, -0.25) is 0 Å². The van der Waals surface area contributed by atoms with Crippen LogP contribution in [0.25, 0.3) is 17.2 Å². The van der Waals surface area contributed by atoms with E-state index in [0.717, 1.165) is 0 Å². The first-order chi connectivity index (χ1) is 12.6. The van der Waals surface area contributed by atoms with Crippen LogP contribution in [0.5, 0.6) is 0 Å². The van der Waals surface area contributed by atoms with Gasteiger partial charge >= 0.3 is 172 Å². The second-order valence-corrected chi connectivity index (χ2v) is 40.7. The molecule has 0 fully saturated rings. The van der Waals surface area contributed by atoms with E-state index in [2.05, 4.69) is 88.8 Å². The molecule has 4 heteroatoms. The van der Waals surface area contributed by atoms with Crippen molar-refractivity contribution in [3.05, 3.63) is 101 Å². The van der Waals surface area contributed by atoms with E-state index >= 15 is 0 Å². The first-order valence-electron chi connectivity index (χ1n) is 9.30. The predicted octanol–water partition coefficient (Wildman–Crippen LogP) is 0.257. The second-order valence-electron chi connectivity index (χ2n) is 8.02. The average Bonchev–Trinajstić information content (AvgIpc) is 3.20. The minimum Gasteiger partial charge on any atom is -1.00 e. The maximum absolute atomic E-state index is 2.62. The van der Waals surface area contributed by atoms with E-state index in [1.54, 1.807) is 31.7 Å². The molecule has 0 saturated heterocycles. The van der Waals surface area contributed by atoms with Gasteiger partial charge in [0, 0.05) is 0 Å². The zero-order valence-electron chi connectivity index (χ0n) is 15.9. The smallest absolute Gasteiger partial charge is 1.00 e. The Labute approximate surface area is 194 Å².